The first kappa shape index (κ1) is 68.3. The molecule has 0 radical (unpaired) electrons. The van der Waals surface area contributed by atoms with Gasteiger partial charge in [0.15, 0.2) is 0 Å². The van der Waals surface area contributed by atoms with E-state index in [1.165, 1.54) is 31.2 Å². The highest BCUT2D eigenvalue weighted by molar-refractivity contribution is 8.76. The lowest BCUT2D eigenvalue weighted by atomic mass is 10.0. The van der Waals surface area contributed by atoms with E-state index >= 15 is 9.59 Å². The van der Waals surface area contributed by atoms with Crippen LogP contribution in [0.2, 0.25) is 0 Å². The molecule has 1 aromatic heterocycles. The normalized spacial score (nSPS) is 22.2. The van der Waals surface area contributed by atoms with Crippen LogP contribution in [-0.2, 0) is 67.6 Å². The van der Waals surface area contributed by atoms with Gasteiger partial charge in [-0.2, -0.15) is 0 Å². The summed E-state index contributed by atoms with van der Waals surface area (Å²) in [6, 6.07) is 9.94. The molecule has 4 unspecified atom stereocenters. The number of aliphatic hydroxyl groups excluding tert-OH is 2. The van der Waals surface area contributed by atoms with Gasteiger partial charge in [-0.15, -0.1) is 0 Å². The summed E-state index contributed by atoms with van der Waals surface area (Å²) >= 11 is 0. The van der Waals surface area contributed by atoms with E-state index in [0.717, 1.165) is 32.5 Å². The van der Waals surface area contributed by atoms with Crippen molar-refractivity contribution in [3.8, 4) is 5.75 Å². The van der Waals surface area contributed by atoms with Gasteiger partial charge >= 0.3 is 0 Å². The van der Waals surface area contributed by atoms with Crippen LogP contribution in [0.5, 0.6) is 5.75 Å². The number of hydrogen-bond acceptors (Lipinski definition) is 18. The third-order valence-electron chi connectivity index (χ3n) is 14.7. The SMILES string of the molecule is CCC1NC(=O)[C@H](CCCCN)NC(=O)C(Cc2c[nH]c3ccccc23)NC(=O)[C@H](Cc2ccc(O)cc2)NC(=O)C(NC(=O)[C@@H](Cc2ccccc2)NS(=O)(=O)CCN2CCN(CCO)CC2)CSSCC(C(=O)N[C@H](C(N)=O)[C@@H](C)O)NC1=O. The van der Waals surface area contributed by atoms with E-state index in [1.54, 1.807) is 49.5 Å². The fourth-order valence-corrected chi connectivity index (χ4v) is 13.3. The first-order valence-corrected chi connectivity index (χ1v) is 32.8. The number of phenols is 1. The van der Waals surface area contributed by atoms with Crippen molar-refractivity contribution < 1.29 is 62.1 Å². The van der Waals surface area contributed by atoms with Crippen LogP contribution in [0.4, 0.5) is 0 Å². The number of nitrogens with one attached hydrogen (secondary N) is 9. The summed E-state index contributed by atoms with van der Waals surface area (Å²) in [6.45, 7) is 6.07. The number of H-pyrrole nitrogens is 1. The largest absolute Gasteiger partial charge is 0.508 e. The number of phenolic OH excluding ortho intramolecular Hbond substituents is 1. The van der Waals surface area contributed by atoms with Gasteiger partial charge < -0.3 is 69.0 Å². The third kappa shape index (κ3) is 21.2. The Bertz CT molecular complexity index is 3030. The Morgan fingerprint density at radius 1 is 0.733 bits per heavy atom. The van der Waals surface area contributed by atoms with Gasteiger partial charge in [0, 0.05) is 80.7 Å². The lowest BCUT2D eigenvalue weighted by Crippen LogP contribution is -2.61. The Kier molecular flexibility index (Phi) is 26.9. The van der Waals surface area contributed by atoms with Crippen LogP contribution in [0.15, 0.2) is 85.1 Å². The van der Waals surface area contributed by atoms with Gasteiger partial charge in [0.05, 0.1) is 18.5 Å². The summed E-state index contributed by atoms with van der Waals surface area (Å²) in [5.41, 5.74) is 13.7. The molecule has 2 aliphatic rings. The molecule has 2 saturated heterocycles. The standard InChI is InChI=1S/C57H81N13O13S3/c1-3-41-51(75)65-48(57(81)67-49(35(2)72)50(59)74)34-85-84-33-47(66-55(79)46(30-36-11-5-4-6-12-36)68-86(82,83)28-26-70-23-21-69(22-24-70)25-27-71)56(80)63-44(29-37-16-18-39(73)19-17-37)53(77)64-45(31-38-32-60-42-14-8-7-13-40(38)42)54(78)62-43(52(76)61-41)15-9-10-20-58/h4-8,11-14,16-19,32,35,41,43-49,60,68,71-73H,3,9-10,15,20-31,33-34,58H2,1-2H3,(H2,59,74)(H,61,76)(H,62,78)(H,63,80)(H,64,77)(H,65,75)(H,66,79)(H,67,81)/t35-,41?,43+,44+,45?,46-,47?,48?,49+/m1/s1. The zero-order chi connectivity index (χ0) is 62.3. The Labute approximate surface area is 508 Å². The third-order valence-corrected chi connectivity index (χ3v) is 18.5. The van der Waals surface area contributed by atoms with Gasteiger partial charge in [0.2, 0.25) is 57.3 Å². The summed E-state index contributed by atoms with van der Waals surface area (Å²) in [4.78, 5) is 122. The predicted octanol–water partition coefficient (Wildman–Crippen LogP) is -2.01. The number of piperazine rings is 1. The number of rotatable bonds is 24. The zero-order valence-electron chi connectivity index (χ0n) is 48.2. The minimum Gasteiger partial charge on any atom is -0.508 e. The molecule has 9 atom stereocenters. The number of carbonyl (C=O) groups is 8. The van der Waals surface area contributed by atoms with E-state index in [1.807, 2.05) is 23.1 Å². The smallest absolute Gasteiger partial charge is 0.244 e. The Hall–Kier alpha value is -6.83. The highest BCUT2D eigenvalue weighted by atomic mass is 33.1. The van der Waals surface area contributed by atoms with Crippen molar-refractivity contribution >= 4 is 89.8 Å². The zero-order valence-corrected chi connectivity index (χ0v) is 50.7. The van der Waals surface area contributed by atoms with Crippen molar-refractivity contribution in [3.63, 3.8) is 0 Å². The maximum atomic E-state index is 15.1. The van der Waals surface area contributed by atoms with Gasteiger partial charge in [-0.25, -0.2) is 13.1 Å². The van der Waals surface area contributed by atoms with Crippen LogP contribution in [-0.4, -0.2) is 210 Å². The van der Waals surface area contributed by atoms with Gasteiger partial charge in [0.25, 0.3) is 0 Å². The number of hydrogen-bond donors (Lipinski definition) is 14. The molecule has 3 heterocycles. The van der Waals surface area contributed by atoms with Gasteiger partial charge in [-0.3, -0.25) is 48.2 Å². The number of aromatic amines is 1. The molecular formula is C57H81N13O13S3. The molecule has 26 nitrogen and oxygen atoms in total. The molecule has 0 saturated carbocycles. The minimum atomic E-state index is -4.20. The number of amides is 8. The molecule has 4 aromatic rings. The second-order valence-electron chi connectivity index (χ2n) is 21.3. The second-order valence-corrected chi connectivity index (χ2v) is 25.7. The van der Waals surface area contributed by atoms with Gasteiger partial charge in [0.1, 0.15) is 54.1 Å². The van der Waals surface area contributed by atoms with E-state index < -0.39 is 112 Å². The first-order valence-electron chi connectivity index (χ1n) is 28.6. The Morgan fingerprint density at radius 3 is 1.98 bits per heavy atom. The number of β-amino-alcohol motifs (C(OH)–C–C–N with tert-alkyl or cyclic N) is 1. The molecule has 16 N–H and O–H groups in total. The second kappa shape index (κ2) is 33.9. The summed E-state index contributed by atoms with van der Waals surface area (Å²) in [6.07, 6.45) is 0.511. The summed E-state index contributed by atoms with van der Waals surface area (Å²) < 4.78 is 30.5. The summed E-state index contributed by atoms with van der Waals surface area (Å²) in [7, 11) is -2.32. The number of aromatic nitrogens is 1. The number of primary amides is 1. The van der Waals surface area contributed by atoms with Crippen molar-refractivity contribution in [1.82, 2.24) is 56.7 Å². The average Bonchev–Trinajstić information content (AvgIpc) is 4.03. The van der Waals surface area contributed by atoms with E-state index in [0.29, 0.717) is 62.3 Å². The highest BCUT2D eigenvalue weighted by Gasteiger charge is 2.37. The summed E-state index contributed by atoms with van der Waals surface area (Å²) in [5, 5.41) is 49.5. The molecule has 2 aliphatic heterocycles. The number of carbonyl (C=O) groups excluding carboxylic acids is 8. The topological polar surface area (TPSA) is 402 Å². The van der Waals surface area contributed by atoms with Gasteiger partial charge in [-0.1, -0.05) is 89.2 Å². The number of sulfonamides is 1. The number of aromatic hydroxyl groups is 1. The molecule has 29 heteroatoms. The fraction of sp³-hybridized carbons (Fsp3) is 0.509. The average molecular weight is 1250 g/mol. The number of para-hydroxylation sites is 1. The van der Waals surface area contributed by atoms with E-state index in [9.17, 15) is 52.5 Å². The van der Waals surface area contributed by atoms with Crippen LogP contribution >= 0.6 is 21.6 Å². The van der Waals surface area contributed by atoms with Gasteiger partial charge in [-0.05, 0) is 80.5 Å². The molecule has 3 aromatic carbocycles. The van der Waals surface area contributed by atoms with E-state index in [4.69, 9.17) is 11.5 Å². The first-order chi connectivity index (χ1) is 41.2. The Balaban J connectivity index is 1.39. The van der Waals surface area contributed by atoms with Crippen LogP contribution < -0.4 is 53.4 Å². The predicted molar refractivity (Wildman–Crippen MR) is 327 cm³/mol. The molecule has 470 valence electrons. The molecule has 0 aliphatic carbocycles. The number of fused-ring (bicyclic) bond motifs is 1. The van der Waals surface area contributed by atoms with Crippen LogP contribution in [0.3, 0.4) is 0 Å². The number of benzene rings is 3. The molecule has 6 rings (SSSR count). The lowest BCUT2D eigenvalue weighted by molar-refractivity contribution is -0.135. The quantitative estimate of drug-likeness (QED) is 0.0266. The number of aliphatic hydroxyl groups is 2. The maximum absolute atomic E-state index is 15.1. The molecule has 0 bridgehead atoms. The highest BCUT2D eigenvalue weighted by Crippen LogP contribution is 2.25. The van der Waals surface area contributed by atoms with Crippen LogP contribution in [0.1, 0.15) is 56.2 Å². The molecule has 0 spiro atoms. The summed E-state index contributed by atoms with van der Waals surface area (Å²) in [5.74, 6) is -8.29. The monoisotopic (exact) mass is 1250 g/mol. The lowest BCUT2D eigenvalue weighted by Gasteiger charge is -2.34. The number of unbranched alkanes of at least 4 members (excludes halogenated alkanes) is 1. The number of nitrogens with zero attached hydrogens (tertiary/aromatic N) is 2. The van der Waals surface area contributed by atoms with Crippen molar-refractivity contribution in [3.05, 3.63) is 102 Å². The minimum absolute atomic E-state index is 0.00350. The maximum Gasteiger partial charge on any atom is 0.244 e. The molecule has 8 amide bonds. The van der Waals surface area contributed by atoms with E-state index in [-0.39, 0.29) is 74.8 Å². The molecular weight excluding hydrogens is 1170 g/mol. The molecule has 86 heavy (non-hydrogen) atoms. The van der Waals surface area contributed by atoms with Crippen LogP contribution in [0.25, 0.3) is 10.9 Å². The van der Waals surface area contributed by atoms with Crippen LogP contribution in [0, 0.1) is 0 Å². The fourth-order valence-electron chi connectivity index (χ4n) is 9.78. The number of nitrogens with two attached hydrogens (primary N) is 2. The van der Waals surface area contributed by atoms with Crippen molar-refractivity contribution in [2.75, 3.05) is 69.7 Å². The molecule has 2 fully saturated rings. The van der Waals surface area contributed by atoms with Crippen molar-refractivity contribution in [2.24, 2.45) is 11.5 Å². The van der Waals surface area contributed by atoms with Crippen molar-refractivity contribution in [2.45, 2.75) is 113 Å². The van der Waals surface area contributed by atoms with E-state index in [2.05, 4.69) is 51.8 Å². The Morgan fingerprint density at radius 2 is 1.33 bits per heavy atom. The van der Waals surface area contributed by atoms with Crippen molar-refractivity contribution in [1.29, 1.82) is 0 Å².